The number of carbonyl (C=O) groups excluding carboxylic acids is 2. The van der Waals surface area contributed by atoms with E-state index >= 15 is 0 Å². The Balaban J connectivity index is 1.65. The van der Waals surface area contributed by atoms with E-state index in [1.807, 2.05) is 45.0 Å². The lowest BCUT2D eigenvalue weighted by molar-refractivity contribution is -0.141. The van der Waals surface area contributed by atoms with Crippen LogP contribution in [0, 0.1) is 18.8 Å². The first-order valence-electron chi connectivity index (χ1n) is 12.8. The fourth-order valence-electron chi connectivity index (χ4n) is 3.98. The molecule has 0 radical (unpaired) electrons. The molecule has 3 aromatic rings. The fourth-order valence-corrected chi connectivity index (χ4v) is 3.98. The second-order valence-corrected chi connectivity index (χ2v) is 9.92. The highest BCUT2D eigenvalue weighted by molar-refractivity contribution is 6.01. The molecule has 11 heteroatoms. The quantitative estimate of drug-likeness (QED) is 0.268. The van der Waals surface area contributed by atoms with Crippen LogP contribution in [-0.4, -0.2) is 44.9 Å². The Labute approximate surface area is 228 Å². The number of carboxylic acid groups (broad SMARTS) is 1. The van der Waals surface area contributed by atoms with E-state index in [1.54, 1.807) is 25.1 Å². The van der Waals surface area contributed by atoms with Gasteiger partial charge in [0.05, 0.1) is 37.7 Å². The highest BCUT2D eigenvalue weighted by atomic mass is 16.5. The van der Waals surface area contributed by atoms with Crippen LogP contribution in [0.2, 0.25) is 0 Å². The zero-order valence-corrected chi connectivity index (χ0v) is 22.9. The maximum Gasteiger partial charge on any atom is 0.323 e. The van der Waals surface area contributed by atoms with Gasteiger partial charge in [-0.2, -0.15) is 5.10 Å². The standard InChI is InChI=1S/C28H36N6O5/c1-17(2)12-23(26-29-16-34(33-26)15-19(4)27(36)37)30-25(35)14-20-10-11-22(24(13-20)39-5)32-28(38)31-21-9-7-6-8-18(21)3/h6-11,13,16-17,19,23H,12,14-15H2,1-5H3,(H,30,35)(H,36,37)(H2,31,32,38). The van der Waals surface area contributed by atoms with Gasteiger partial charge in [0.1, 0.15) is 12.1 Å². The summed E-state index contributed by atoms with van der Waals surface area (Å²) in [7, 11) is 1.50. The van der Waals surface area contributed by atoms with Crippen LogP contribution in [0.25, 0.3) is 0 Å². The number of urea groups is 1. The summed E-state index contributed by atoms with van der Waals surface area (Å²) in [4.78, 5) is 41.0. The molecule has 2 atom stereocenters. The molecule has 0 aliphatic carbocycles. The van der Waals surface area contributed by atoms with E-state index < -0.39 is 24.0 Å². The first kappa shape index (κ1) is 29.2. The zero-order valence-electron chi connectivity index (χ0n) is 22.9. The van der Waals surface area contributed by atoms with Crippen molar-refractivity contribution in [3.8, 4) is 5.75 Å². The number of benzene rings is 2. The number of aromatic nitrogens is 3. The molecule has 2 aromatic carbocycles. The molecule has 4 N–H and O–H groups in total. The summed E-state index contributed by atoms with van der Waals surface area (Å²) in [6.07, 6.45) is 2.18. The lowest BCUT2D eigenvalue weighted by Gasteiger charge is -2.18. The van der Waals surface area contributed by atoms with Gasteiger partial charge in [0.2, 0.25) is 5.91 Å². The summed E-state index contributed by atoms with van der Waals surface area (Å²) in [5.41, 5.74) is 2.81. The third-order valence-corrected chi connectivity index (χ3v) is 6.06. The van der Waals surface area contributed by atoms with E-state index in [0.717, 1.165) is 5.56 Å². The van der Waals surface area contributed by atoms with Crippen LogP contribution in [0.15, 0.2) is 48.8 Å². The number of anilines is 2. The van der Waals surface area contributed by atoms with Crippen LogP contribution < -0.4 is 20.7 Å². The van der Waals surface area contributed by atoms with E-state index in [9.17, 15) is 14.4 Å². The average molecular weight is 537 g/mol. The number of rotatable bonds is 12. The highest BCUT2D eigenvalue weighted by Crippen LogP contribution is 2.27. The molecule has 0 saturated heterocycles. The molecule has 0 aliphatic rings. The molecule has 0 fully saturated rings. The first-order chi connectivity index (χ1) is 18.5. The van der Waals surface area contributed by atoms with Gasteiger partial charge in [-0.05, 0) is 48.6 Å². The molecule has 11 nitrogen and oxygen atoms in total. The molecule has 39 heavy (non-hydrogen) atoms. The van der Waals surface area contributed by atoms with Gasteiger partial charge < -0.3 is 25.8 Å². The topological polar surface area (TPSA) is 147 Å². The van der Waals surface area contributed by atoms with Crippen LogP contribution in [0.1, 0.15) is 50.2 Å². The van der Waals surface area contributed by atoms with Gasteiger partial charge in [0.15, 0.2) is 5.82 Å². The van der Waals surface area contributed by atoms with Crippen molar-refractivity contribution in [3.05, 3.63) is 65.7 Å². The fraction of sp³-hybridized carbons (Fsp3) is 0.393. The lowest BCUT2D eigenvalue weighted by atomic mass is 10.0. The van der Waals surface area contributed by atoms with E-state index in [1.165, 1.54) is 18.1 Å². The van der Waals surface area contributed by atoms with Crippen molar-refractivity contribution in [2.24, 2.45) is 11.8 Å². The summed E-state index contributed by atoms with van der Waals surface area (Å²) in [5, 5.41) is 22.2. The molecule has 208 valence electrons. The Morgan fingerprint density at radius 2 is 1.77 bits per heavy atom. The van der Waals surface area contributed by atoms with Crippen LogP contribution >= 0.6 is 0 Å². The van der Waals surface area contributed by atoms with Crippen molar-refractivity contribution in [3.63, 3.8) is 0 Å². The molecular formula is C28H36N6O5. The van der Waals surface area contributed by atoms with Gasteiger partial charge >= 0.3 is 12.0 Å². The maximum absolute atomic E-state index is 13.0. The third kappa shape index (κ3) is 8.56. The van der Waals surface area contributed by atoms with Gasteiger partial charge in [0, 0.05) is 5.69 Å². The Morgan fingerprint density at radius 1 is 1.05 bits per heavy atom. The third-order valence-electron chi connectivity index (χ3n) is 6.06. The average Bonchev–Trinajstić information content (AvgIpc) is 3.34. The van der Waals surface area contributed by atoms with Gasteiger partial charge in [0.25, 0.3) is 0 Å². The van der Waals surface area contributed by atoms with Gasteiger partial charge in [-0.15, -0.1) is 0 Å². The Kier molecular flexibility index (Phi) is 10.0. The molecule has 0 bridgehead atoms. The largest absolute Gasteiger partial charge is 0.495 e. The number of nitrogens with one attached hydrogen (secondary N) is 3. The summed E-state index contributed by atoms with van der Waals surface area (Å²) in [6, 6.07) is 11.8. The van der Waals surface area contributed by atoms with Crippen LogP contribution in [-0.2, 0) is 22.6 Å². The molecule has 1 heterocycles. The van der Waals surface area contributed by atoms with Crippen LogP contribution in [0.3, 0.4) is 0 Å². The highest BCUT2D eigenvalue weighted by Gasteiger charge is 2.22. The van der Waals surface area contributed by atoms with Gasteiger partial charge in [-0.25, -0.2) is 9.78 Å². The normalized spacial score (nSPS) is 12.5. The summed E-state index contributed by atoms with van der Waals surface area (Å²) < 4.78 is 6.94. The number of carboxylic acids is 1. The second kappa shape index (κ2) is 13.4. The lowest BCUT2D eigenvalue weighted by Crippen LogP contribution is -2.31. The minimum Gasteiger partial charge on any atom is -0.495 e. The minimum absolute atomic E-state index is 0.0808. The zero-order chi connectivity index (χ0) is 28.5. The predicted molar refractivity (Wildman–Crippen MR) is 148 cm³/mol. The van der Waals surface area contributed by atoms with E-state index in [4.69, 9.17) is 9.84 Å². The van der Waals surface area contributed by atoms with E-state index in [0.29, 0.717) is 34.9 Å². The number of ether oxygens (including phenoxy) is 1. The molecule has 0 spiro atoms. The summed E-state index contributed by atoms with van der Waals surface area (Å²) >= 11 is 0. The van der Waals surface area contributed by atoms with Crippen LogP contribution in [0.4, 0.5) is 16.2 Å². The number of carbonyl (C=O) groups is 3. The maximum atomic E-state index is 13.0. The first-order valence-corrected chi connectivity index (χ1v) is 12.8. The number of nitrogens with zero attached hydrogens (tertiary/aromatic N) is 3. The summed E-state index contributed by atoms with van der Waals surface area (Å²) in [5.74, 6) is -0.632. The Morgan fingerprint density at radius 3 is 2.44 bits per heavy atom. The molecule has 0 saturated carbocycles. The molecule has 3 rings (SSSR count). The smallest absolute Gasteiger partial charge is 0.323 e. The number of aliphatic carboxylic acids is 1. The van der Waals surface area contributed by atoms with Crippen molar-refractivity contribution in [2.75, 3.05) is 17.7 Å². The number of aryl methyl sites for hydroxylation is 1. The van der Waals surface area contributed by atoms with Crippen molar-refractivity contribution < 1.29 is 24.2 Å². The van der Waals surface area contributed by atoms with Gasteiger partial charge in [-0.3, -0.25) is 14.3 Å². The molecule has 1 aromatic heterocycles. The van der Waals surface area contributed by atoms with Crippen molar-refractivity contribution in [1.82, 2.24) is 20.1 Å². The number of amides is 3. The Bertz CT molecular complexity index is 1310. The molecule has 0 aliphatic heterocycles. The van der Waals surface area contributed by atoms with Crippen LogP contribution in [0.5, 0.6) is 5.75 Å². The molecule has 2 unspecified atom stereocenters. The predicted octanol–water partition coefficient (Wildman–Crippen LogP) is 4.41. The van der Waals surface area contributed by atoms with Gasteiger partial charge in [-0.1, -0.05) is 45.0 Å². The van der Waals surface area contributed by atoms with Crippen molar-refractivity contribution >= 4 is 29.3 Å². The summed E-state index contributed by atoms with van der Waals surface area (Å²) in [6.45, 7) is 7.77. The molecule has 3 amide bonds. The SMILES string of the molecule is COc1cc(CC(=O)NC(CC(C)C)c2ncn(CC(C)C(=O)O)n2)ccc1NC(=O)Nc1ccccc1C. The number of para-hydroxylation sites is 1. The number of hydrogen-bond acceptors (Lipinski definition) is 6. The van der Waals surface area contributed by atoms with E-state index in [-0.39, 0.29) is 24.8 Å². The van der Waals surface area contributed by atoms with Crippen molar-refractivity contribution in [1.29, 1.82) is 0 Å². The Hall–Kier alpha value is -4.41. The number of methoxy groups -OCH3 is 1. The molecular weight excluding hydrogens is 500 g/mol. The van der Waals surface area contributed by atoms with Crippen molar-refractivity contribution in [2.45, 2.75) is 53.1 Å². The monoisotopic (exact) mass is 536 g/mol. The second-order valence-electron chi connectivity index (χ2n) is 9.92. The van der Waals surface area contributed by atoms with E-state index in [2.05, 4.69) is 26.0 Å². The number of hydrogen-bond donors (Lipinski definition) is 4. The minimum atomic E-state index is -0.914.